The summed E-state index contributed by atoms with van der Waals surface area (Å²) in [5.41, 5.74) is 2.12. The summed E-state index contributed by atoms with van der Waals surface area (Å²) in [7, 11) is 1.67. The summed E-state index contributed by atoms with van der Waals surface area (Å²) in [5, 5.41) is 3.32. The highest BCUT2D eigenvalue weighted by atomic mass is 16.5. The van der Waals surface area contributed by atoms with Crippen LogP contribution in [0.1, 0.15) is 43.5 Å². The molecule has 1 rings (SSSR count). The number of ether oxygens (including phenoxy) is 1. The molecule has 1 atom stereocenters. The summed E-state index contributed by atoms with van der Waals surface area (Å²) in [6, 6.07) is 0. The number of nitrogens with one attached hydrogen (secondary N) is 1. The van der Waals surface area contributed by atoms with E-state index in [1.54, 1.807) is 7.11 Å². The number of hydrogen-bond acceptors (Lipinski definition) is 4. The maximum absolute atomic E-state index is 5.24. The third kappa shape index (κ3) is 2.92. The molecule has 90 valence electrons. The molecule has 1 aromatic heterocycles. The summed E-state index contributed by atoms with van der Waals surface area (Å²) in [5.74, 6) is 1.66. The minimum Gasteiger partial charge on any atom is -0.374 e. The topological polar surface area (TPSA) is 47.0 Å². The number of aromatic nitrogens is 2. The second-order valence-electron chi connectivity index (χ2n) is 3.95. The highest BCUT2D eigenvalue weighted by molar-refractivity contribution is 5.45. The highest BCUT2D eigenvalue weighted by Gasteiger charge is 2.12. The molecule has 0 fully saturated rings. The van der Waals surface area contributed by atoms with Gasteiger partial charge >= 0.3 is 0 Å². The number of anilines is 1. The monoisotopic (exact) mass is 223 g/mol. The average molecular weight is 223 g/mol. The third-order valence-electron chi connectivity index (χ3n) is 2.67. The zero-order valence-electron chi connectivity index (χ0n) is 10.8. The van der Waals surface area contributed by atoms with Crippen LogP contribution < -0.4 is 5.32 Å². The van der Waals surface area contributed by atoms with Gasteiger partial charge in [-0.2, -0.15) is 0 Å². The fraction of sp³-hybridized carbons (Fsp3) is 0.667. The Morgan fingerprint density at radius 1 is 1.31 bits per heavy atom. The van der Waals surface area contributed by atoms with Crippen molar-refractivity contribution in [3.63, 3.8) is 0 Å². The molecule has 0 saturated carbocycles. The number of methoxy groups -OCH3 is 1. The third-order valence-corrected chi connectivity index (χ3v) is 2.67. The summed E-state index contributed by atoms with van der Waals surface area (Å²) in [6.45, 7) is 9.05. The van der Waals surface area contributed by atoms with Gasteiger partial charge < -0.3 is 10.1 Å². The molecule has 1 heterocycles. The van der Waals surface area contributed by atoms with Gasteiger partial charge in [0.2, 0.25) is 0 Å². The van der Waals surface area contributed by atoms with Crippen LogP contribution in [0.2, 0.25) is 0 Å². The van der Waals surface area contributed by atoms with E-state index in [1.807, 2.05) is 20.8 Å². The summed E-state index contributed by atoms with van der Waals surface area (Å²) < 4.78 is 5.24. The van der Waals surface area contributed by atoms with Gasteiger partial charge in [0.25, 0.3) is 0 Å². The van der Waals surface area contributed by atoms with Gasteiger partial charge in [0, 0.05) is 24.9 Å². The van der Waals surface area contributed by atoms with E-state index in [0.717, 1.165) is 35.9 Å². The van der Waals surface area contributed by atoms with Crippen molar-refractivity contribution in [2.75, 3.05) is 19.0 Å². The van der Waals surface area contributed by atoms with Crippen LogP contribution in [-0.2, 0) is 4.74 Å². The van der Waals surface area contributed by atoms with Crippen molar-refractivity contribution in [2.24, 2.45) is 0 Å². The number of aryl methyl sites for hydroxylation is 1. The average Bonchev–Trinajstić information content (AvgIpc) is 2.29. The van der Waals surface area contributed by atoms with Crippen molar-refractivity contribution in [1.29, 1.82) is 0 Å². The molecular formula is C12H21N3O. The fourth-order valence-electron chi connectivity index (χ4n) is 1.35. The fourth-order valence-corrected chi connectivity index (χ4v) is 1.35. The molecule has 0 amide bonds. The first-order chi connectivity index (χ1) is 7.60. The van der Waals surface area contributed by atoms with Gasteiger partial charge in [0.1, 0.15) is 11.9 Å². The van der Waals surface area contributed by atoms with E-state index >= 15 is 0 Å². The van der Waals surface area contributed by atoms with Crippen molar-refractivity contribution in [2.45, 2.75) is 40.2 Å². The van der Waals surface area contributed by atoms with E-state index < -0.39 is 0 Å². The van der Waals surface area contributed by atoms with Crippen molar-refractivity contribution in [3.8, 4) is 0 Å². The number of rotatable bonds is 5. The molecule has 1 aromatic rings. The molecular weight excluding hydrogens is 202 g/mol. The van der Waals surface area contributed by atoms with Gasteiger partial charge in [-0.05, 0) is 27.2 Å². The molecule has 4 heteroatoms. The molecule has 16 heavy (non-hydrogen) atoms. The van der Waals surface area contributed by atoms with Crippen LogP contribution >= 0.6 is 0 Å². The van der Waals surface area contributed by atoms with Gasteiger partial charge in [-0.1, -0.05) is 6.92 Å². The highest BCUT2D eigenvalue weighted by Crippen LogP contribution is 2.19. The Labute approximate surface area is 97.5 Å². The molecule has 0 aliphatic heterocycles. The zero-order chi connectivity index (χ0) is 12.1. The van der Waals surface area contributed by atoms with Crippen LogP contribution in [0.25, 0.3) is 0 Å². The second kappa shape index (κ2) is 5.80. The van der Waals surface area contributed by atoms with Crippen molar-refractivity contribution >= 4 is 5.82 Å². The molecule has 1 N–H and O–H groups in total. The molecule has 1 unspecified atom stereocenters. The van der Waals surface area contributed by atoms with Crippen LogP contribution in [0.15, 0.2) is 0 Å². The van der Waals surface area contributed by atoms with Crippen molar-refractivity contribution in [1.82, 2.24) is 9.97 Å². The smallest absolute Gasteiger partial charge is 0.159 e. The van der Waals surface area contributed by atoms with Crippen LogP contribution in [0.5, 0.6) is 0 Å². The SMILES string of the molecule is CCCNc1nc(C(C)OC)nc(C)c1C. The van der Waals surface area contributed by atoms with E-state index in [1.165, 1.54) is 0 Å². The van der Waals surface area contributed by atoms with E-state index in [0.29, 0.717) is 0 Å². The predicted octanol–water partition coefficient (Wildman–Crippen LogP) is 2.62. The molecule has 0 aliphatic carbocycles. The van der Waals surface area contributed by atoms with Crippen LogP contribution in [0, 0.1) is 13.8 Å². The lowest BCUT2D eigenvalue weighted by molar-refractivity contribution is 0.112. The first-order valence-corrected chi connectivity index (χ1v) is 5.72. The molecule has 0 saturated heterocycles. The minimum atomic E-state index is -0.0681. The van der Waals surface area contributed by atoms with Gasteiger partial charge in [0.15, 0.2) is 5.82 Å². The Morgan fingerprint density at radius 2 is 2.00 bits per heavy atom. The maximum Gasteiger partial charge on any atom is 0.159 e. The van der Waals surface area contributed by atoms with Gasteiger partial charge in [-0.3, -0.25) is 0 Å². The van der Waals surface area contributed by atoms with Crippen LogP contribution in [-0.4, -0.2) is 23.6 Å². The quantitative estimate of drug-likeness (QED) is 0.833. The van der Waals surface area contributed by atoms with Crippen LogP contribution in [0.3, 0.4) is 0 Å². The largest absolute Gasteiger partial charge is 0.374 e. The van der Waals surface area contributed by atoms with E-state index in [2.05, 4.69) is 22.2 Å². The Morgan fingerprint density at radius 3 is 2.56 bits per heavy atom. The molecule has 0 bridgehead atoms. The van der Waals surface area contributed by atoms with Crippen molar-refractivity contribution < 1.29 is 4.74 Å². The maximum atomic E-state index is 5.24. The summed E-state index contributed by atoms with van der Waals surface area (Å²) >= 11 is 0. The molecule has 0 aromatic carbocycles. The summed E-state index contributed by atoms with van der Waals surface area (Å²) in [6.07, 6.45) is 1.01. The van der Waals surface area contributed by atoms with E-state index in [-0.39, 0.29) is 6.10 Å². The van der Waals surface area contributed by atoms with E-state index in [4.69, 9.17) is 4.74 Å². The van der Waals surface area contributed by atoms with E-state index in [9.17, 15) is 0 Å². The molecule has 0 radical (unpaired) electrons. The molecule has 4 nitrogen and oxygen atoms in total. The number of hydrogen-bond donors (Lipinski definition) is 1. The molecule has 0 aliphatic rings. The lowest BCUT2D eigenvalue weighted by Crippen LogP contribution is -2.11. The predicted molar refractivity (Wildman–Crippen MR) is 65.7 cm³/mol. The normalized spacial score (nSPS) is 12.6. The Hall–Kier alpha value is -1.16. The zero-order valence-corrected chi connectivity index (χ0v) is 10.8. The first kappa shape index (κ1) is 12.9. The lowest BCUT2D eigenvalue weighted by Gasteiger charge is -2.14. The van der Waals surface area contributed by atoms with Crippen LogP contribution in [0.4, 0.5) is 5.82 Å². The standard InChI is InChI=1S/C12H21N3O/c1-6-7-13-11-8(2)9(3)14-12(15-11)10(4)16-5/h10H,6-7H2,1-5H3,(H,13,14,15). The Kier molecular flexibility index (Phi) is 4.68. The van der Waals surface area contributed by atoms with Gasteiger partial charge in [0.05, 0.1) is 0 Å². The van der Waals surface area contributed by atoms with Crippen molar-refractivity contribution in [3.05, 3.63) is 17.1 Å². The number of nitrogens with zero attached hydrogens (tertiary/aromatic N) is 2. The Balaban J connectivity index is 3.01. The van der Waals surface area contributed by atoms with Gasteiger partial charge in [-0.25, -0.2) is 9.97 Å². The second-order valence-corrected chi connectivity index (χ2v) is 3.95. The lowest BCUT2D eigenvalue weighted by atomic mass is 10.2. The minimum absolute atomic E-state index is 0.0681. The molecule has 0 spiro atoms. The first-order valence-electron chi connectivity index (χ1n) is 5.72. The Bertz CT molecular complexity index is 352. The van der Waals surface area contributed by atoms with Gasteiger partial charge in [-0.15, -0.1) is 0 Å². The summed E-state index contributed by atoms with van der Waals surface area (Å²) in [4.78, 5) is 8.93.